The molecule has 0 aliphatic rings. The molecule has 90 valence electrons. The number of aromatic nitrogens is 2. The summed E-state index contributed by atoms with van der Waals surface area (Å²) in [7, 11) is 0. The summed E-state index contributed by atoms with van der Waals surface area (Å²) in [6.45, 7) is 0. The van der Waals surface area contributed by atoms with Gasteiger partial charge in [-0.2, -0.15) is 0 Å². The van der Waals surface area contributed by atoms with E-state index in [4.69, 9.17) is 17.3 Å². The average Bonchev–Trinajstić information content (AvgIpc) is 2.71. The van der Waals surface area contributed by atoms with E-state index in [2.05, 4.69) is 9.97 Å². The fourth-order valence-electron chi connectivity index (χ4n) is 1.88. The second kappa shape index (κ2) is 3.99. The van der Waals surface area contributed by atoms with Crippen LogP contribution in [0.2, 0.25) is 5.02 Å². The van der Waals surface area contributed by atoms with Crippen LogP contribution in [-0.2, 0) is 0 Å². The second-order valence-corrected chi connectivity index (χ2v) is 4.39. The third kappa shape index (κ3) is 1.80. The van der Waals surface area contributed by atoms with Crippen LogP contribution in [0.4, 0.5) is 10.3 Å². The molecule has 1 heterocycles. The molecule has 18 heavy (non-hydrogen) atoms. The van der Waals surface area contributed by atoms with Crippen LogP contribution in [0.15, 0.2) is 36.4 Å². The molecule has 0 bridgehead atoms. The monoisotopic (exact) mass is 261 g/mol. The van der Waals surface area contributed by atoms with Gasteiger partial charge in [-0.05, 0) is 35.4 Å². The maximum absolute atomic E-state index is 13.1. The molecule has 3 nitrogen and oxygen atoms in total. The van der Waals surface area contributed by atoms with Crippen molar-refractivity contribution in [2.75, 3.05) is 5.73 Å². The summed E-state index contributed by atoms with van der Waals surface area (Å²) in [5.74, 6) is -0.0511. The Morgan fingerprint density at radius 1 is 1.11 bits per heavy atom. The number of nitrogens with one attached hydrogen (secondary N) is 1. The van der Waals surface area contributed by atoms with Crippen LogP contribution in [0.3, 0.4) is 0 Å². The molecule has 0 fully saturated rings. The minimum Gasteiger partial charge on any atom is -0.369 e. The van der Waals surface area contributed by atoms with E-state index in [1.165, 1.54) is 6.07 Å². The number of anilines is 1. The Labute approximate surface area is 107 Å². The van der Waals surface area contributed by atoms with Crippen LogP contribution < -0.4 is 5.73 Å². The number of imidazole rings is 1. The van der Waals surface area contributed by atoms with E-state index < -0.39 is 5.82 Å². The summed E-state index contributed by atoms with van der Waals surface area (Å²) in [5.41, 5.74) is 8.97. The van der Waals surface area contributed by atoms with Crippen molar-refractivity contribution in [3.63, 3.8) is 0 Å². The van der Waals surface area contributed by atoms with Crippen LogP contribution in [0.5, 0.6) is 0 Å². The Bertz CT molecular complexity index is 736. The summed E-state index contributed by atoms with van der Waals surface area (Å²) < 4.78 is 13.1. The van der Waals surface area contributed by atoms with Crippen molar-refractivity contribution in [3.8, 4) is 11.1 Å². The number of nitrogens with zero attached hydrogens (tertiary/aromatic N) is 1. The Kier molecular flexibility index (Phi) is 2.45. The molecule has 1 aromatic heterocycles. The molecular formula is C13H9ClFN3. The zero-order valence-corrected chi connectivity index (χ0v) is 10.0. The van der Waals surface area contributed by atoms with Crippen molar-refractivity contribution >= 4 is 28.6 Å². The maximum Gasteiger partial charge on any atom is 0.198 e. The summed E-state index contributed by atoms with van der Waals surface area (Å²) in [5, 5.41) is 0.106. The highest BCUT2D eigenvalue weighted by atomic mass is 35.5. The molecule has 0 aliphatic heterocycles. The van der Waals surface area contributed by atoms with Gasteiger partial charge in [0.1, 0.15) is 5.82 Å². The molecule has 0 atom stereocenters. The quantitative estimate of drug-likeness (QED) is 0.703. The van der Waals surface area contributed by atoms with Crippen molar-refractivity contribution in [2.45, 2.75) is 0 Å². The topological polar surface area (TPSA) is 54.7 Å². The molecule has 0 amide bonds. The molecule has 0 saturated carbocycles. The van der Waals surface area contributed by atoms with Gasteiger partial charge in [-0.15, -0.1) is 0 Å². The summed E-state index contributed by atoms with van der Waals surface area (Å²) >= 11 is 5.77. The van der Waals surface area contributed by atoms with Crippen LogP contribution in [-0.4, -0.2) is 9.97 Å². The number of hydrogen-bond donors (Lipinski definition) is 2. The van der Waals surface area contributed by atoms with Gasteiger partial charge in [0.25, 0.3) is 0 Å². The van der Waals surface area contributed by atoms with Gasteiger partial charge in [-0.1, -0.05) is 23.7 Å². The lowest BCUT2D eigenvalue weighted by Crippen LogP contribution is -1.84. The number of H-pyrrole nitrogens is 1. The first-order chi connectivity index (χ1) is 8.63. The van der Waals surface area contributed by atoms with Gasteiger partial charge in [-0.3, -0.25) is 0 Å². The van der Waals surface area contributed by atoms with Crippen molar-refractivity contribution in [3.05, 3.63) is 47.2 Å². The Hall–Kier alpha value is -2.07. The van der Waals surface area contributed by atoms with Crippen LogP contribution in [0.1, 0.15) is 0 Å². The third-order valence-electron chi connectivity index (χ3n) is 2.75. The minimum atomic E-state index is -0.425. The molecule has 2 aromatic carbocycles. The predicted molar refractivity (Wildman–Crippen MR) is 70.9 cm³/mol. The Balaban J connectivity index is 2.15. The molecule has 3 rings (SSSR count). The van der Waals surface area contributed by atoms with E-state index in [0.29, 0.717) is 5.95 Å². The van der Waals surface area contributed by atoms with Gasteiger partial charge in [0, 0.05) is 0 Å². The van der Waals surface area contributed by atoms with Gasteiger partial charge in [0.2, 0.25) is 0 Å². The van der Waals surface area contributed by atoms with Crippen LogP contribution >= 0.6 is 11.6 Å². The molecular weight excluding hydrogens is 253 g/mol. The fraction of sp³-hybridized carbons (Fsp3) is 0. The smallest absolute Gasteiger partial charge is 0.198 e. The number of nitrogens with two attached hydrogens (primary N) is 1. The van der Waals surface area contributed by atoms with E-state index in [1.54, 1.807) is 12.1 Å². The zero-order chi connectivity index (χ0) is 12.7. The number of fused-ring (bicyclic) bond motifs is 1. The zero-order valence-electron chi connectivity index (χ0n) is 9.24. The molecule has 0 unspecified atom stereocenters. The SMILES string of the molecule is Nc1nc2cc(-c3ccc(F)c(Cl)c3)ccc2[nH]1. The van der Waals surface area contributed by atoms with Crippen molar-refractivity contribution in [1.29, 1.82) is 0 Å². The predicted octanol–water partition coefficient (Wildman–Crippen LogP) is 3.60. The normalized spacial score (nSPS) is 11.0. The van der Waals surface area contributed by atoms with Gasteiger partial charge in [-0.25, -0.2) is 9.37 Å². The highest BCUT2D eigenvalue weighted by Crippen LogP contribution is 2.27. The highest BCUT2D eigenvalue weighted by Gasteiger charge is 2.06. The van der Waals surface area contributed by atoms with Crippen molar-refractivity contribution < 1.29 is 4.39 Å². The number of aromatic amines is 1. The first kappa shape index (κ1) is 11.0. The standard InChI is InChI=1S/C13H9ClFN3/c14-9-5-7(1-3-10(9)15)8-2-4-11-12(6-8)18-13(16)17-11/h1-6H,(H3,16,17,18). The molecule has 0 aliphatic carbocycles. The van der Waals surface area contributed by atoms with Gasteiger partial charge < -0.3 is 10.7 Å². The van der Waals surface area contributed by atoms with E-state index in [1.807, 2.05) is 18.2 Å². The second-order valence-electron chi connectivity index (χ2n) is 3.98. The molecule has 3 aromatic rings. The fourth-order valence-corrected chi connectivity index (χ4v) is 2.06. The molecule has 0 radical (unpaired) electrons. The summed E-state index contributed by atoms with van der Waals surface area (Å²) in [4.78, 5) is 7.09. The number of halogens is 2. The lowest BCUT2D eigenvalue weighted by Gasteiger charge is -2.02. The molecule has 0 spiro atoms. The number of nitrogen functional groups attached to an aromatic ring is 1. The first-order valence-corrected chi connectivity index (χ1v) is 5.72. The Morgan fingerprint density at radius 3 is 2.61 bits per heavy atom. The maximum atomic E-state index is 13.1. The van der Waals surface area contributed by atoms with Gasteiger partial charge in [0.05, 0.1) is 16.1 Å². The highest BCUT2D eigenvalue weighted by molar-refractivity contribution is 6.31. The number of benzene rings is 2. The van der Waals surface area contributed by atoms with E-state index >= 15 is 0 Å². The molecule has 5 heteroatoms. The Morgan fingerprint density at radius 2 is 1.83 bits per heavy atom. The molecule has 3 N–H and O–H groups in total. The van der Waals surface area contributed by atoms with Crippen LogP contribution in [0.25, 0.3) is 22.2 Å². The van der Waals surface area contributed by atoms with E-state index in [-0.39, 0.29) is 5.02 Å². The van der Waals surface area contributed by atoms with E-state index in [9.17, 15) is 4.39 Å². The van der Waals surface area contributed by atoms with E-state index in [0.717, 1.165) is 22.2 Å². The van der Waals surface area contributed by atoms with Crippen molar-refractivity contribution in [1.82, 2.24) is 9.97 Å². The summed E-state index contributed by atoms with van der Waals surface area (Å²) in [6, 6.07) is 10.3. The number of rotatable bonds is 1. The van der Waals surface area contributed by atoms with Crippen molar-refractivity contribution in [2.24, 2.45) is 0 Å². The van der Waals surface area contributed by atoms with Gasteiger partial charge >= 0.3 is 0 Å². The minimum absolute atomic E-state index is 0.106. The molecule has 0 saturated heterocycles. The third-order valence-corrected chi connectivity index (χ3v) is 3.04. The summed E-state index contributed by atoms with van der Waals surface area (Å²) in [6.07, 6.45) is 0. The number of hydrogen-bond acceptors (Lipinski definition) is 2. The lowest BCUT2D eigenvalue weighted by molar-refractivity contribution is 0.628. The largest absolute Gasteiger partial charge is 0.369 e. The van der Waals surface area contributed by atoms with Gasteiger partial charge in [0.15, 0.2) is 5.95 Å². The average molecular weight is 262 g/mol. The lowest BCUT2D eigenvalue weighted by atomic mass is 10.1. The van der Waals surface area contributed by atoms with Crippen LogP contribution in [0, 0.1) is 5.82 Å². The first-order valence-electron chi connectivity index (χ1n) is 5.34.